The lowest BCUT2D eigenvalue weighted by Gasteiger charge is -2.12. The molecule has 0 fully saturated rings. The van der Waals surface area contributed by atoms with Crippen molar-refractivity contribution in [2.45, 2.75) is 33.2 Å². The van der Waals surface area contributed by atoms with E-state index in [1.807, 2.05) is 32.9 Å². The molecule has 2 N–H and O–H groups in total. The first-order valence-corrected chi connectivity index (χ1v) is 6.69. The molecule has 0 heterocycles. The van der Waals surface area contributed by atoms with Gasteiger partial charge in [0.05, 0.1) is 12.1 Å². The molecule has 0 saturated carbocycles. The molecule has 19 heavy (non-hydrogen) atoms. The van der Waals surface area contributed by atoms with E-state index in [4.69, 9.17) is 16.3 Å². The average Bonchev–Trinajstić information content (AvgIpc) is 2.32. The fourth-order valence-corrected chi connectivity index (χ4v) is 2.01. The first kappa shape index (κ1) is 15.6. The van der Waals surface area contributed by atoms with E-state index in [0.29, 0.717) is 17.3 Å². The van der Waals surface area contributed by atoms with Gasteiger partial charge in [0.2, 0.25) is 0 Å². The van der Waals surface area contributed by atoms with Crippen LogP contribution < -0.4 is 15.4 Å². The number of urea groups is 1. The molecule has 0 spiro atoms. The number of methoxy groups -OCH3 is 1. The van der Waals surface area contributed by atoms with Gasteiger partial charge in [-0.05, 0) is 50.5 Å². The number of aryl methyl sites for hydroxylation is 1. The van der Waals surface area contributed by atoms with Crippen LogP contribution in [0.4, 0.5) is 4.79 Å². The highest BCUT2D eigenvalue weighted by atomic mass is 35.5. The van der Waals surface area contributed by atoms with Crippen LogP contribution >= 0.6 is 11.6 Å². The third-order valence-electron chi connectivity index (χ3n) is 2.71. The third-order valence-corrected chi connectivity index (χ3v) is 3.01. The van der Waals surface area contributed by atoms with Crippen molar-refractivity contribution in [3.05, 3.63) is 28.3 Å². The van der Waals surface area contributed by atoms with Gasteiger partial charge >= 0.3 is 6.03 Å². The first-order valence-electron chi connectivity index (χ1n) is 6.31. The summed E-state index contributed by atoms with van der Waals surface area (Å²) in [7, 11) is 1.60. The Hall–Kier alpha value is -1.42. The van der Waals surface area contributed by atoms with Gasteiger partial charge in [0.25, 0.3) is 0 Å². The van der Waals surface area contributed by atoms with Crippen LogP contribution in [0.15, 0.2) is 12.1 Å². The minimum Gasteiger partial charge on any atom is -0.495 e. The maximum atomic E-state index is 11.4. The summed E-state index contributed by atoms with van der Waals surface area (Å²) in [6.07, 6.45) is 0.737. The van der Waals surface area contributed by atoms with Crippen LogP contribution in [-0.4, -0.2) is 25.7 Å². The molecule has 1 aromatic rings. The predicted octanol–water partition coefficient (Wildman–Crippen LogP) is 2.91. The number of benzene rings is 1. The van der Waals surface area contributed by atoms with E-state index in [1.165, 1.54) is 0 Å². The van der Waals surface area contributed by atoms with Crippen molar-refractivity contribution in [1.82, 2.24) is 10.6 Å². The second-order valence-corrected chi connectivity index (χ2v) is 5.13. The van der Waals surface area contributed by atoms with Crippen molar-refractivity contribution in [3.63, 3.8) is 0 Å². The van der Waals surface area contributed by atoms with Crippen molar-refractivity contribution in [3.8, 4) is 5.75 Å². The van der Waals surface area contributed by atoms with Gasteiger partial charge in [-0.3, -0.25) is 0 Å². The Morgan fingerprint density at radius 1 is 1.42 bits per heavy atom. The fraction of sp³-hybridized carbons (Fsp3) is 0.500. The van der Waals surface area contributed by atoms with Crippen LogP contribution in [0.3, 0.4) is 0 Å². The van der Waals surface area contributed by atoms with E-state index in [1.54, 1.807) is 7.11 Å². The van der Waals surface area contributed by atoms with Crippen LogP contribution in [0.5, 0.6) is 5.75 Å². The topological polar surface area (TPSA) is 50.4 Å². The number of carbonyl (C=O) groups excluding carboxylic acids is 1. The van der Waals surface area contributed by atoms with Crippen LogP contribution in [0.1, 0.15) is 25.0 Å². The van der Waals surface area contributed by atoms with Gasteiger partial charge in [0, 0.05) is 12.6 Å². The minimum atomic E-state index is -0.146. The zero-order valence-electron chi connectivity index (χ0n) is 11.8. The van der Waals surface area contributed by atoms with Crippen molar-refractivity contribution < 1.29 is 9.53 Å². The van der Waals surface area contributed by atoms with Crippen molar-refractivity contribution in [2.24, 2.45) is 0 Å². The molecule has 0 bridgehead atoms. The number of rotatable bonds is 5. The minimum absolute atomic E-state index is 0.136. The molecule has 0 aliphatic carbocycles. The summed E-state index contributed by atoms with van der Waals surface area (Å²) in [6.45, 7) is 6.42. The molecule has 106 valence electrons. The van der Waals surface area contributed by atoms with Gasteiger partial charge in [-0.1, -0.05) is 11.6 Å². The third kappa shape index (κ3) is 4.99. The van der Waals surface area contributed by atoms with Gasteiger partial charge in [0.15, 0.2) is 0 Å². The summed E-state index contributed by atoms with van der Waals surface area (Å²) < 4.78 is 5.16. The lowest BCUT2D eigenvalue weighted by Crippen LogP contribution is -2.40. The number of halogens is 1. The van der Waals surface area contributed by atoms with Gasteiger partial charge in [-0.2, -0.15) is 0 Å². The van der Waals surface area contributed by atoms with E-state index in [9.17, 15) is 4.79 Å². The summed E-state index contributed by atoms with van der Waals surface area (Å²) in [4.78, 5) is 11.4. The molecular weight excluding hydrogens is 264 g/mol. The molecule has 1 aromatic carbocycles. The van der Waals surface area contributed by atoms with Gasteiger partial charge < -0.3 is 15.4 Å². The Balaban J connectivity index is 2.54. The Labute approximate surface area is 119 Å². The van der Waals surface area contributed by atoms with Crippen molar-refractivity contribution in [1.29, 1.82) is 0 Å². The number of ether oxygens (including phenoxy) is 1. The largest absolute Gasteiger partial charge is 0.495 e. The van der Waals surface area contributed by atoms with Gasteiger partial charge in [-0.15, -0.1) is 0 Å². The van der Waals surface area contributed by atoms with E-state index in [0.717, 1.165) is 17.5 Å². The Bertz CT molecular complexity index is 447. The maximum Gasteiger partial charge on any atom is 0.314 e. The summed E-state index contributed by atoms with van der Waals surface area (Å²) in [5.74, 6) is 0.674. The molecule has 0 aliphatic heterocycles. The van der Waals surface area contributed by atoms with Gasteiger partial charge in [-0.25, -0.2) is 4.79 Å². The van der Waals surface area contributed by atoms with Crippen LogP contribution in [-0.2, 0) is 6.42 Å². The quantitative estimate of drug-likeness (QED) is 0.873. The highest BCUT2D eigenvalue weighted by molar-refractivity contribution is 6.32. The molecule has 0 radical (unpaired) electrons. The second-order valence-electron chi connectivity index (χ2n) is 4.72. The number of hydrogen-bond donors (Lipinski definition) is 2. The molecular formula is C14H21ClN2O2. The second kappa shape index (κ2) is 7.24. The normalized spacial score (nSPS) is 10.4. The SMILES string of the molecule is COc1cc(C)c(CCNC(=O)NC(C)C)cc1Cl. The molecule has 4 nitrogen and oxygen atoms in total. The Kier molecular flexibility index (Phi) is 5.96. The lowest BCUT2D eigenvalue weighted by atomic mass is 10.1. The zero-order chi connectivity index (χ0) is 14.4. The molecule has 0 saturated heterocycles. The van der Waals surface area contributed by atoms with Crippen LogP contribution in [0.2, 0.25) is 5.02 Å². The summed E-state index contributed by atoms with van der Waals surface area (Å²) >= 11 is 6.09. The number of hydrogen-bond acceptors (Lipinski definition) is 2. The maximum absolute atomic E-state index is 11.4. The monoisotopic (exact) mass is 284 g/mol. The van der Waals surface area contributed by atoms with E-state index in [-0.39, 0.29) is 12.1 Å². The van der Waals surface area contributed by atoms with E-state index < -0.39 is 0 Å². The molecule has 0 aliphatic rings. The summed E-state index contributed by atoms with van der Waals surface area (Å²) in [5.41, 5.74) is 2.21. The Morgan fingerprint density at radius 2 is 2.11 bits per heavy atom. The van der Waals surface area contributed by atoms with Gasteiger partial charge in [0.1, 0.15) is 5.75 Å². The van der Waals surface area contributed by atoms with E-state index in [2.05, 4.69) is 10.6 Å². The van der Waals surface area contributed by atoms with E-state index >= 15 is 0 Å². The molecule has 0 unspecified atom stereocenters. The Morgan fingerprint density at radius 3 is 2.68 bits per heavy atom. The number of carbonyl (C=O) groups is 1. The van der Waals surface area contributed by atoms with Crippen LogP contribution in [0, 0.1) is 6.92 Å². The highest BCUT2D eigenvalue weighted by Crippen LogP contribution is 2.27. The van der Waals surface area contributed by atoms with Crippen molar-refractivity contribution in [2.75, 3.05) is 13.7 Å². The standard InChI is InChI=1S/C14H21ClN2O2/c1-9(2)17-14(18)16-6-5-11-8-12(15)13(19-4)7-10(11)3/h7-9H,5-6H2,1-4H3,(H2,16,17,18). The fourth-order valence-electron chi connectivity index (χ4n) is 1.75. The molecule has 0 aromatic heterocycles. The lowest BCUT2D eigenvalue weighted by molar-refractivity contribution is 0.238. The number of nitrogens with one attached hydrogen (secondary N) is 2. The molecule has 0 atom stereocenters. The summed E-state index contributed by atoms with van der Waals surface area (Å²) in [5, 5.41) is 6.18. The first-order chi connectivity index (χ1) is 8.93. The average molecular weight is 285 g/mol. The van der Waals surface area contributed by atoms with Crippen LogP contribution in [0.25, 0.3) is 0 Å². The predicted molar refractivity (Wildman–Crippen MR) is 78.1 cm³/mol. The number of amides is 2. The highest BCUT2D eigenvalue weighted by Gasteiger charge is 2.07. The zero-order valence-corrected chi connectivity index (χ0v) is 12.6. The molecule has 2 amide bonds. The molecule has 1 rings (SSSR count). The smallest absolute Gasteiger partial charge is 0.314 e. The molecule has 5 heteroatoms. The van der Waals surface area contributed by atoms with Crippen molar-refractivity contribution >= 4 is 17.6 Å². The summed E-state index contributed by atoms with van der Waals surface area (Å²) in [6, 6.07) is 3.79.